The van der Waals surface area contributed by atoms with Crippen molar-refractivity contribution < 1.29 is 28.7 Å². The first-order valence-electron chi connectivity index (χ1n) is 12.5. The Morgan fingerprint density at radius 3 is 2.68 bits per heavy atom. The number of morpholine rings is 1. The molecule has 0 bridgehead atoms. The Bertz CT molecular complexity index is 1300. The van der Waals surface area contributed by atoms with E-state index in [0.29, 0.717) is 37.4 Å². The third-order valence-corrected chi connectivity index (χ3v) is 7.39. The number of amides is 4. The van der Waals surface area contributed by atoms with E-state index in [0.717, 1.165) is 22.2 Å². The first kappa shape index (κ1) is 25.1. The zero-order valence-corrected chi connectivity index (χ0v) is 21.3. The molecule has 3 heterocycles. The fourth-order valence-corrected chi connectivity index (χ4v) is 5.16. The molecule has 3 aliphatic rings. The van der Waals surface area contributed by atoms with E-state index in [9.17, 15) is 19.2 Å². The van der Waals surface area contributed by atoms with Gasteiger partial charge in [0, 0.05) is 30.6 Å². The molecule has 37 heavy (non-hydrogen) atoms. The number of nitrogens with zero attached hydrogens (tertiary/aromatic N) is 2. The van der Waals surface area contributed by atoms with E-state index in [1.54, 1.807) is 12.1 Å². The van der Waals surface area contributed by atoms with Crippen LogP contribution in [0.15, 0.2) is 36.4 Å². The largest absolute Gasteiger partial charge is 0.501 e. The minimum atomic E-state index is -0.710. The topological polar surface area (TPSA) is 105 Å². The van der Waals surface area contributed by atoms with E-state index < -0.39 is 17.3 Å². The summed E-state index contributed by atoms with van der Waals surface area (Å²) in [7, 11) is 5.97. The van der Waals surface area contributed by atoms with E-state index in [-0.39, 0.29) is 37.3 Å². The van der Waals surface area contributed by atoms with Crippen LogP contribution in [0.5, 0.6) is 5.75 Å². The summed E-state index contributed by atoms with van der Waals surface area (Å²) in [6, 6.07) is 10.8. The van der Waals surface area contributed by atoms with Crippen LogP contribution in [-0.4, -0.2) is 82.8 Å². The van der Waals surface area contributed by atoms with Crippen molar-refractivity contribution >= 4 is 52.6 Å². The first-order valence-corrected chi connectivity index (χ1v) is 12.5. The van der Waals surface area contributed by atoms with Gasteiger partial charge in [-0.3, -0.25) is 24.5 Å². The first-order chi connectivity index (χ1) is 17.6. The van der Waals surface area contributed by atoms with Crippen molar-refractivity contribution in [1.82, 2.24) is 15.1 Å². The van der Waals surface area contributed by atoms with Crippen molar-refractivity contribution in [2.24, 2.45) is 0 Å². The van der Waals surface area contributed by atoms with Gasteiger partial charge in [0.1, 0.15) is 26.2 Å². The van der Waals surface area contributed by atoms with E-state index in [1.807, 2.05) is 46.6 Å². The molecule has 2 aromatic carbocycles. The molecule has 2 fully saturated rings. The van der Waals surface area contributed by atoms with Crippen molar-refractivity contribution in [2.75, 3.05) is 19.8 Å². The van der Waals surface area contributed by atoms with E-state index in [2.05, 4.69) is 11.4 Å². The van der Waals surface area contributed by atoms with Crippen molar-refractivity contribution in [1.29, 1.82) is 0 Å². The van der Waals surface area contributed by atoms with Gasteiger partial charge in [-0.25, -0.2) is 0 Å². The fourth-order valence-electron chi connectivity index (χ4n) is 5.16. The molecule has 1 N–H and O–H groups in total. The van der Waals surface area contributed by atoms with E-state index >= 15 is 0 Å². The third-order valence-electron chi connectivity index (χ3n) is 7.39. The minimum absolute atomic E-state index is 0.00257. The number of carbonyl (C=O) groups excluding carboxylic acids is 4. The Morgan fingerprint density at radius 1 is 1.14 bits per heavy atom. The smallest absolute Gasteiger partial charge is 0.255 e. The zero-order chi connectivity index (χ0) is 26.3. The molecule has 0 radical (unpaired) electrons. The molecule has 2 aromatic rings. The second kappa shape index (κ2) is 9.74. The van der Waals surface area contributed by atoms with Crippen LogP contribution >= 0.6 is 0 Å². The summed E-state index contributed by atoms with van der Waals surface area (Å²) < 4.78 is 11.7. The SMILES string of the molecule is Bc1cc(C(B)(B)Oc2cccc3c2CN(C2CCC(=O)NC2=O)C3=O)ccc1CN1CCOCC1=O. The number of hydrogen-bond acceptors (Lipinski definition) is 6. The van der Waals surface area contributed by atoms with Crippen LogP contribution in [0.2, 0.25) is 0 Å². The number of nitrogens with one attached hydrogen (secondary N) is 1. The highest BCUT2D eigenvalue weighted by atomic mass is 16.5. The van der Waals surface area contributed by atoms with Crippen molar-refractivity contribution in [3.8, 4) is 5.75 Å². The molecule has 4 amide bonds. The molecule has 5 rings (SSSR count). The molecule has 0 aromatic heterocycles. The van der Waals surface area contributed by atoms with Gasteiger partial charge in [0.25, 0.3) is 5.91 Å². The van der Waals surface area contributed by atoms with Crippen LogP contribution in [-0.2, 0) is 37.6 Å². The summed E-state index contributed by atoms with van der Waals surface area (Å²) in [4.78, 5) is 52.6. The van der Waals surface area contributed by atoms with E-state index in [4.69, 9.17) is 9.47 Å². The lowest BCUT2D eigenvalue weighted by Gasteiger charge is -2.31. The summed E-state index contributed by atoms with van der Waals surface area (Å²) in [5.41, 5.74) is 4.35. The van der Waals surface area contributed by atoms with Gasteiger partial charge in [-0.15, -0.1) is 0 Å². The predicted molar refractivity (Wildman–Crippen MR) is 143 cm³/mol. The number of hydrogen-bond donors (Lipinski definition) is 1. The number of fused-ring (bicyclic) bond motifs is 1. The van der Waals surface area contributed by atoms with Gasteiger partial charge < -0.3 is 19.3 Å². The Kier molecular flexibility index (Phi) is 6.62. The van der Waals surface area contributed by atoms with Gasteiger partial charge in [-0.1, -0.05) is 29.7 Å². The second-order valence-corrected chi connectivity index (χ2v) is 10.3. The molecule has 12 heteroatoms. The molecular weight excluding hydrogens is 471 g/mol. The average Bonchev–Trinajstić information content (AvgIpc) is 3.19. The molecule has 1 atom stereocenters. The maximum Gasteiger partial charge on any atom is 0.255 e. The lowest BCUT2D eigenvalue weighted by atomic mass is 9.60. The highest BCUT2D eigenvalue weighted by Gasteiger charge is 2.40. The van der Waals surface area contributed by atoms with Gasteiger partial charge in [0.15, 0.2) is 15.7 Å². The van der Waals surface area contributed by atoms with Gasteiger partial charge in [0.05, 0.1) is 18.6 Å². The molecule has 188 valence electrons. The molecule has 2 saturated heterocycles. The average molecular weight is 499 g/mol. The van der Waals surface area contributed by atoms with Crippen LogP contribution < -0.4 is 15.5 Å². The predicted octanol–water partition coefficient (Wildman–Crippen LogP) is -2.48. The van der Waals surface area contributed by atoms with E-state index in [1.165, 1.54) is 4.90 Å². The Hall–Kier alpha value is -3.53. The summed E-state index contributed by atoms with van der Waals surface area (Å²) >= 11 is 0. The number of carbonyl (C=O) groups is 4. The maximum absolute atomic E-state index is 13.1. The fraction of sp³-hybridized carbons (Fsp3) is 0.360. The number of piperidine rings is 1. The minimum Gasteiger partial charge on any atom is -0.501 e. The number of imide groups is 1. The summed E-state index contributed by atoms with van der Waals surface area (Å²) in [5, 5.41) is 1.62. The summed E-state index contributed by atoms with van der Waals surface area (Å²) in [6.07, 6.45) is 0.524. The maximum atomic E-state index is 13.1. The van der Waals surface area contributed by atoms with Crippen LogP contribution in [0, 0.1) is 0 Å². The lowest BCUT2D eigenvalue weighted by molar-refractivity contribution is -0.143. The Morgan fingerprint density at radius 2 is 1.95 bits per heavy atom. The molecule has 0 aliphatic carbocycles. The van der Waals surface area contributed by atoms with Gasteiger partial charge in [-0.2, -0.15) is 0 Å². The molecular formula is C25H28B3N3O6. The van der Waals surface area contributed by atoms with Crippen LogP contribution in [0.1, 0.15) is 39.9 Å². The molecule has 9 nitrogen and oxygen atoms in total. The van der Waals surface area contributed by atoms with Crippen molar-refractivity contribution in [2.45, 2.75) is 37.4 Å². The highest BCUT2D eigenvalue weighted by Crippen LogP contribution is 2.36. The third kappa shape index (κ3) is 4.90. The molecule has 0 spiro atoms. The summed E-state index contributed by atoms with van der Waals surface area (Å²) in [6.45, 7) is 2.05. The zero-order valence-electron chi connectivity index (χ0n) is 21.3. The molecule has 1 unspecified atom stereocenters. The quantitative estimate of drug-likeness (QED) is 0.349. The van der Waals surface area contributed by atoms with Crippen LogP contribution in [0.4, 0.5) is 0 Å². The standard InChI is InChI=1S/C25H28B3N3O6/c26-18-10-15(5-4-14(18)11-30-8-9-36-13-22(30)33)25(27,28)37-20-3-1-2-16-17(20)12-31(24(16)35)19-6-7-21(32)29-23(19)34/h1-5,10,19H,6-9,11-13,26-28H2,(H,29,32,34). The Balaban J connectivity index is 1.34. The van der Waals surface area contributed by atoms with Crippen molar-refractivity contribution in [3.05, 3.63) is 58.7 Å². The van der Waals surface area contributed by atoms with Crippen molar-refractivity contribution in [3.63, 3.8) is 0 Å². The number of benzene rings is 2. The lowest BCUT2D eigenvalue weighted by Crippen LogP contribution is -2.52. The normalized spacial score (nSPS) is 20.2. The van der Waals surface area contributed by atoms with Gasteiger partial charge >= 0.3 is 0 Å². The van der Waals surface area contributed by atoms with Crippen LogP contribution in [0.3, 0.4) is 0 Å². The monoisotopic (exact) mass is 499 g/mol. The highest BCUT2D eigenvalue weighted by molar-refractivity contribution is 6.39. The second-order valence-electron chi connectivity index (χ2n) is 10.3. The Labute approximate surface area is 218 Å². The number of rotatable bonds is 6. The molecule has 3 aliphatic heterocycles. The molecule has 0 saturated carbocycles. The van der Waals surface area contributed by atoms with Crippen LogP contribution in [0.25, 0.3) is 0 Å². The van der Waals surface area contributed by atoms with Gasteiger partial charge in [0.2, 0.25) is 17.7 Å². The summed E-state index contributed by atoms with van der Waals surface area (Å²) in [5.74, 6) is -0.391. The van der Waals surface area contributed by atoms with Gasteiger partial charge in [-0.05, 0) is 29.7 Å². The number of ether oxygens (including phenoxy) is 2.